The van der Waals surface area contributed by atoms with E-state index in [2.05, 4.69) is 13.2 Å². The number of hydrogen-bond acceptors (Lipinski definition) is 1. The first kappa shape index (κ1) is 27.8. The minimum absolute atomic E-state index is 0. The molecule has 0 bridgehead atoms. The van der Waals surface area contributed by atoms with Crippen LogP contribution in [0.4, 0.5) is 0 Å². The molecule has 0 radical (unpaired) electrons. The van der Waals surface area contributed by atoms with Gasteiger partial charge in [0, 0.05) is 0 Å². The predicted molar refractivity (Wildman–Crippen MR) is 13.2 cm³/mol. The van der Waals surface area contributed by atoms with Crippen LogP contribution in [0.1, 0.15) is 0 Å². The van der Waals surface area contributed by atoms with Crippen LogP contribution in [0.3, 0.4) is 0 Å². The molecule has 20 valence electrons. The van der Waals surface area contributed by atoms with Crippen LogP contribution in [0.5, 0.6) is 0 Å². The van der Waals surface area contributed by atoms with Gasteiger partial charge >= 0.3 is 18.9 Å². The maximum absolute atomic E-state index is 3.00. The zero-order chi connectivity index (χ0) is 2.00. The molecule has 0 heterocycles. The van der Waals surface area contributed by atoms with Crippen LogP contribution in [0.2, 0.25) is 0 Å². The third-order valence-electron chi connectivity index (χ3n) is 0. The van der Waals surface area contributed by atoms with Gasteiger partial charge in [-0.05, 0) is 0 Å². The van der Waals surface area contributed by atoms with Crippen LogP contribution in [-0.2, 0) is 0 Å². The van der Waals surface area contributed by atoms with E-state index >= 15 is 0 Å². The van der Waals surface area contributed by atoms with Gasteiger partial charge in [0.15, 0.2) is 0 Å². The largest absolute Gasteiger partial charge is 1.00 e. The molecule has 0 unspecified atom stereocenters. The van der Waals surface area contributed by atoms with Crippen LogP contribution in [-0.4, -0.2) is 5.48 Å². The van der Waals surface area contributed by atoms with Gasteiger partial charge in [0.05, 0.1) is 0 Å². The summed E-state index contributed by atoms with van der Waals surface area (Å²) < 4.78 is 0. The molecule has 0 aromatic carbocycles. The standard InChI is InChI=1S/C2H4.Li.H2O/c1-2;;/h1-2H2;;1H2/q;+1;/p-1. The SMILES string of the molecule is C=C.[Li+].[OH-]. The van der Waals surface area contributed by atoms with Crippen LogP contribution in [0.15, 0.2) is 13.2 Å². The molecule has 0 aliphatic rings. The smallest absolute Gasteiger partial charge is 0.870 e. The van der Waals surface area contributed by atoms with E-state index in [1.807, 2.05) is 0 Å². The van der Waals surface area contributed by atoms with Gasteiger partial charge in [-0.1, -0.05) is 0 Å². The molecule has 1 N–H and O–H groups in total. The Morgan fingerprint density at radius 3 is 1.00 bits per heavy atom. The van der Waals surface area contributed by atoms with Gasteiger partial charge in [-0.2, -0.15) is 0 Å². The zero-order valence-corrected chi connectivity index (χ0v) is 2.86. The Labute approximate surface area is 38.2 Å². The molecule has 0 fully saturated rings. The van der Waals surface area contributed by atoms with Crippen molar-refractivity contribution in [3.8, 4) is 0 Å². The summed E-state index contributed by atoms with van der Waals surface area (Å²) in [5, 5.41) is 0. The van der Waals surface area contributed by atoms with Gasteiger partial charge in [0.1, 0.15) is 0 Å². The number of rotatable bonds is 0. The minimum atomic E-state index is 0. The zero-order valence-electron chi connectivity index (χ0n) is 2.86. The summed E-state index contributed by atoms with van der Waals surface area (Å²) >= 11 is 0. The molecule has 0 saturated carbocycles. The Hall–Kier alpha value is 0.297. The first-order chi connectivity index (χ1) is 1.00. The Balaban J connectivity index is -0.00000000500. The van der Waals surface area contributed by atoms with Gasteiger partial charge in [0.2, 0.25) is 0 Å². The van der Waals surface area contributed by atoms with Gasteiger partial charge in [-0.3, -0.25) is 0 Å². The molecular weight excluding hydrogens is 47.0 g/mol. The molecule has 0 amide bonds. The van der Waals surface area contributed by atoms with Crippen molar-refractivity contribution in [2.75, 3.05) is 0 Å². The van der Waals surface area contributed by atoms with Gasteiger partial charge in [-0.15, -0.1) is 13.2 Å². The fourth-order valence-corrected chi connectivity index (χ4v) is 0. The van der Waals surface area contributed by atoms with Crippen molar-refractivity contribution < 1.29 is 24.3 Å². The molecule has 0 atom stereocenters. The molecular formula is C2H5LiO. The molecule has 1 nitrogen and oxygen atoms in total. The van der Waals surface area contributed by atoms with Crippen molar-refractivity contribution in [1.82, 2.24) is 0 Å². The van der Waals surface area contributed by atoms with E-state index < -0.39 is 0 Å². The molecule has 2 heteroatoms. The van der Waals surface area contributed by atoms with Crippen molar-refractivity contribution in [2.24, 2.45) is 0 Å². The molecule has 0 spiro atoms. The normalized spacial score (nSPS) is 1.00. The van der Waals surface area contributed by atoms with Crippen LogP contribution >= 0.6 is 0 Å². The number of hydrogen-bond donors (Lipinski definition) is 0. The Bertz CT molecular complexity index is 6.00. The maximum Gasteiger partial charge on any atom is 1.00 e. The van der Waals surface area contributed by atoms with Crippen LogP contribution in [0.25, 0.3) is 0 Å². The Kier molecular flexibility index (Phi) is 1370. The van der Waals surface area contributed by atoms with E-state index in [-0.39, 0.29) is 24.3 Å². The first-order valence-corrected chi connectivity index (χ1v) is 0.500. The Morgan fingerprint density at radius 1 is 1.00 bits per heavy atom. The average Bonchev–Trinajstić information content (AvgIpc) is 1.00. The second kappa shape index (κ2) is 197. The summed E-state index contributed by atoms with van der Waals surface area (Å²) in [5.41, 5.74) is 0. The van der Waals surface area contributed by atoms with Gasteiger partial charge in [-0.25, -0.2) is 0 Å². The van der Waals surface area contributed by atoms with Crippen molar-refractivity contribution >= 4 is 0 Å². The van der Waals surface area contributed by atoms with Crippen LogP contribution < -0.4 is 18.9 Å². The molecule has 4 heavy (non-hydrogen) atoms. The molecule has 0 aliphatic heterocycles. The predicted octanol–water partition coefficient (Wildman–Crippen LogP) is -2.37. The minimum Gasteiger partial charge on any atom is -0.870 e. The molecule has 0 aliphatic carbocycles. The van der Waals surface area contributed by atoms with Gasteiger partial charge in [0.25, 0.3) is 0 Å². The molecule has 0 aromatic heterocycles. The van der Waals surface area contributed by atoms with Gasteiger partial charge < -0.3 is 5.48 Å². The van der Waals surface area contributed by atoms with E-state index in [1.54, 1.807) is 0 Å². The summed E-state index contributed by atoms with van der Waals surface area (Å²) in [6, 6.07) is 0. The van der Waals surface area contributed by atoms with Crippen LogP contribution in [0, 0.1) is 0 Å². The summed E-state index contributed by atoms with van der Waals surface area (Å²) in [4.78, 5) is 0. The fourth-order valence-electron chi connectivity index (χ4n) is 0. The second-order valence-electron chi connectivity index (χ2n) is 0. The van der Waals surface area contributed by atoms with E-state index in [0.29, 0.717) is 0 Å². The summed E-state index contributed by atoms with van der Waals surface area (Å²) in [6.07, 6.45) is 0. The summed E-state index contributed by atoms with van der Waals surface area (Å²) in [7, 11) is 0. The first-order valence-electron chi connectivity index (χ1n) is 0.500. The molecule has 0 saturated heterocycles. The van der Waals surface area contributed by atoms with Crippen molar-refractivity contribution in [3.05, 3.63) is 13.2 Å². The van der Waals surface area contributed by atoms with E-state index in [9.17, 15) is 0 Å². The van der Waals surface area contributed by atoms with E-state index in [0.717, 1.165) is 0 Å². The van der Waals surface area contributed by atoms with Crippen molar-refractivity contribution in [2.45, 2.75) is 0 Å². The third-order valence-corrected chi connectivity index (χ3v) is 0. The summed E-state index contributed by atoms with van der Waals surface area (Å²) in [6.45, 7) is 6.00. The quantitative estimate of drug-likeness (QED) is 0.224. The Morgan fingerprint density at radius 2 is 1.00 bits per heavy atom. The summed E-state index contributed by atoms with van der Waals surface area (Å²) in [5.74, 6) is 0. The second-order valence-corrected chi connectivity index (χ2v) is 0. The molecule has 0 aromatic rings. The average molecular weight is 52.0 g/mol. The topological polar surface area (TPSA) is 30.0 Å². The van der Waals surface area contributed by atoms with Crippen molar-refractivity contribution in [3.63, 3.8) is 0 Å². The van der Waals surface area contributed by atoms with E-state index in [4.69, 9.17) is 0 Å². The van der Waals surface area contributed by atoms with E-state index in [1.165, 1.54) is 0 Å². The monoisotopic (exact) mass is 52.1 g/mol. The van der Waals surface area contributed by atoms with Crippen molar-refractivity contribution in [1.29, 1.82) is 0 Å². The maximum atomic E-state index is 3.00. The molecule has 0 rings (SSSR count). The fraction of sp³-hybridized carbons (Fsp3) is 0. The third kappa shape index (κ3) is 43.7.